The second-order valence-corrected chi connectivity index (χ2v) is 8.10. The normalized spacial score (nSPS) is 11.8. The summed E-state index contributed by atoms with van der Waals surface area (Å²) in [6, 6.07) is 13.0. The molecule has 1 aromatic heterocycles. The number of pyridine rings is 1. The van der Waals surface area contributed by atoms with Crippen LogP contribution >= 0.6 is 11.8 Å². The van der Waals surface area contributed by atoms with Crippen LogP contribution in [-0.4, -0.2) is 9.73 Å². The third kappa shape index (κ3) is 3.00. The van der Waals surface area contributed by atoms with Crippen molar-refractivity contribution in [2.24, 2.45) is 0 Å². The van der Waals surface area contributed by atoms with Gasteiger partial charge < -0.3 is 0 Å². The molecular formula is C19H18FNS. The Labute approximate surface area is 134 Å². The summed E-state index contributed by atoms with van der Waals surface area (Å²) >= 11 is 1.80. The zero-order valence-electron chi connectivity index (χ0n) is 12.9. The van der Waals surface area contributed by atoms with Gasteiger partial charge in [0.1, 0.15) is 5.82 Å². The van der Waals surface area contributed by atoms with E-state index >= 15 is 0 Å². The van der Waals surface area contributed by atoms with Gasteiger partial charge in [-0.15, -0.1) is 11.8 Å². The largest absolute Gasteiger partial charge is 0.264 e. The van der Waals surface area contributed by atoms with Gasteiger partial charge in [0.15, 0.2) is 0 Å². The van der Waals surface area contributed by atoms with Crippen molar-refractivity contribution in [3.8, 4) is 11.1 Å². The number of hydrogen-bond donors (Lipinski definition) is 0. The van der Waals surface area contributed by atoms with Crippen LogP contribution in [0.2, 0.25) is 0 Å². The zero-order valence-corrected chi connectivity index (χ0v) is 13.7. The average molecular weight is 311 g/mol. The molecule has 0 radical (unpaired) electrons. The van der Waals surface area contributed by atoms with Gasteiger partial charge in [-0.25, -0.2) is 4.39 Å². The highest BCUT2D eigenvalue weighted by atomic mass is 32.2. The quantitative estimate of drug-likeness (QED) is 0.544. The van der Waals surface area contributed by atoms with Crippen molar-refractivity contribution in [2.45, 2.75) is 30.4 Å². The second kappa shape index (κ2) is 5.73. The van der Waals surface area contributed by atoms with Crippen molar-refractivity contribution >= 4 is 22.5 Å². The fourth-order valence-corrected chi connectivity index (χ4v) is 3.56. The van der Waals surface area contributed by atoms with E-state index in [4.69, 9.17) is 0 Å². The summed E-state index contributed by atoms with van der Waals surface area (Å²) in [6.45, 7) is 6.56. The zero-order chi connectivity index (χ0) is 15.7. The Morgan fingerprint density at radius 1 is 0.909 bits per heavy atom. The van der Waals surface area contributed by atoms with Crippen LogP contribution in [0, 0.1) is 5.82 Å². The lowest BCUT2D eigenvalue weighted by molar-refractivity contribution is 0.640. The molecule has 0 aliphatic carbocycles. The number of nitrogens with zero attached hydrogens (tertiary/aromatic N) is 1. The Morgan fingerprint density at radius 3 is 2.36 bits per heavy atom. The van der Waals surface area contributed by atoms with E-state index < -0.39 is 0 Å². The van der Waals surface area contributed by atoms with E-state index in [1.165, 1.54) is 11.0 Å². The average Bonchev–Trinajstić information content (AvgIpc) is 2.47. The smallest absolute Gasteiger partial charge is 0.131 e. The van der Waals surface area contributed by atoms with Gasteiger partial charge in [-0.3, -0.25) is 4.98 Å². The standard InChI is InChI=1S/C19H18FNS/c1-19(2,3)22-18-10-11-21-12-16(18)14-8-9-17(20)15-7-5-4-6-13(14)15/h4-12H,1-3H3. The van der Waals surface area contributed by atoms with Crippen LogP contribution in [0.15, 0.2) is 59.8 Å². The van der Waals surface area contributed by atoms with Crippen LogP contribution in [0.4, 0.5) is 4.39 Å². The van der Waals surface area contributed by atoms with Crippen LogP contribution in [0.5, 0.6) is 0 Å². The summed E-state index contributed by atoms with van der Waals surface area (Å²) in [5.41, 5.74) is 2.08. The van der Waals surface area contributed by atoms with Gasteiger partial charge in [-0.1, -0.05) is 51.1 Å². The lowest BCUT2D eigenvalue weighted by atomic mass is 9.99. The Hall–Kier alpha value is -1.87. The third-order valence-corrected chi connectivity index (χ3v) is 4.55. The van der Waals surface area contributed by atoms with Gasteiger partial charge in [0.25, 0.3) is 0 Å². The van der Waals surface area contributed by atoms with E-state index in [1.54, 1.807) is 11.8 Å². The summed E-state index contributed by atoms with van der Waals surface area (Å²) in [6.07, 6.45) is 3.68. The maximum Gasteiger partial charge on any atom is 0.131 e. The third-order valence-electron chi connectivity index (χ3n) is 3.36. The van der Waals surface area contributed by atoms with E-state index in [-0.39, 0.29) is 10.6 Å². The first-order valence-electron chi connectivity index (χ1n) is 7.26. The van der Waals surface area contributed by atoms with Gasteiger partial charge in [-0.05, 0) is 23.1 Å². The molecule has 0 atom stereocenters. The van der Waals surface area contributed by atoms with Crippen molar-refractivity contribution in [3.63, 3.8) is 0 Å². The topological polar surface area (TPSA) is 12.9 Å². The first-order chi connectivity index (χ1) is 10.5. The molecular weight excluding hydrogens is 293 g/mol. The van der Waals surface area contributed by atoms with Gasteiger partial charge >= 0.3 is 0 Å². The fraction of sp³-hybridized carbons (Fsp3) is 0.211. The van der Waals surface area contributed by atoms with Crippen LogP contribution < -0.4 is 0 Å². The number of aromatic nitrogens is 1. The number of fused-ring (bicyclic) bond motifs is 1. The Balaban J connectivity index is 2.23. The molecule has 112 valence electrons. The minimum atomic E-state index is -0.187. The van der Waals surface area contributed by atoms with Crippen LogP contribution in [0.25, 0.3) is 21.9 Å². The minimum Gasteiger partial charge on any atom is -0.264 e. The predicted molar refractivity (Wildman–Crippen MR) is 92.7 cm³/mol. The van der Waals surface area contributed by atoms with E-state index in [2.05, 4.69) is 25.8 Å². The summed E-state index contributed by atoms with van der Waals surface area (Å²) in [7, 11) is 0. The number of hydrogen-bond acceptors (Lipinski definition) is 2. The molecule has 0 N–H and O–H groups in total. The van der Waals surface area contributed by atoms with E-state index in [0.29, 0.717) is 5.39 Å². The Bertz CT molecular complexity index is 821. The van der Waals surface area contributed by atoms with Gasteiger partial charge in [0.05, 0.1) is 0 Å². The van der Waals surface area contributed by atoms with Crippen LogP contribution in [0.1, 0.15) is 20.8 Å². The highest BCUT2D eigenvalue weighted by molar-refractivity contribution is 8.00. The molecule has 22 heavy (non-hydrogen) atoms. The van der Waals surface area contributed by atoms with Crippen molar-refractivity contribution in [1.29, 1.82) is 0 Å². The lowest BCUT2D eigenvalue weighted by Crippen LogP contribution is -2.07. The maximum absolute atomic E-state index is 14.0. The highest BCUT2D eigenvalue weighted by Gasteiger charge is 2.17. The van der Waals surface area contributed by atoms with Crippen LogP contribution in [0.3, 0.4) is 0 Å². The summed E-state index contributed by atoms with van der Waals surface area (Å²) in [5, 5.41) is 1.57. The second-order valence-electron chi connectivity index (χ2n) is 6.23. The molecule has 0 aliphatic rings. The van der Waals surface area contributed by atoms with Crippen molar-refractivity contribution in [2.75, 3.05) is 0 Å². The van der Waals surface area contributed by atoms with Crippen molar-refractivity contribution in [1.82, 2.24) is 4.98 Å². The summed E-state index contributed by atoms with van der Waals surface area (Å²) in [4.78, 5) is 5.44. The molecule has 0 unspecified atom stereocenters. The van der Waals surface area contributed by atoms with Crippen molar-refractivity contribution in [3.05, 3.63) is 60.7 Å². The molecule has 0 saturated heterocycles. The first-order valence-corrected chi connectivity index (χ1v) is 8.08. The van der Waals surface area contributed by atoms with E-state index in [9.17, 15) is 4.39 Å². The number of rotatable bonds is 2. The molecule has 0 amide bonds. The molecule has 0 spiro atoms. The monoisotopic (exact) mass is 311 g/mol. The minimum absolute atomic E-state index is 0.103. The Kier molecular flexibility index (Phi) is 3.92. The van der Waals surface area contributed by atoms with Crippen molar-refractivity contribution < 1.29 is 4.39 Å². The molecule has 0 aliphatic heterocycles. The summed E-state index contributed by atoms with van der Waals surface area (Å²) in [5.74, 6) is -0.187. The number of halogens is 1. The Morgan fingerprint density at radius 2 is 1.64 bits per heavy atom. The molecule has 0 saturated carbocycles. The van der Waals surface area contributed by atoms with Gasteiger partial charge in [0.2, 0.25) is 0 Å². The highest BCUT2D eigenvalue weighted by Crippen LogP contribution is 2.40. The summed E-state index contributed by atoms with van der Waals surface area (Å²) < 4.78 is 14.1. The molecule has 0 bridgehead atoms. The fourth-order valence-electron chi connectivity index (χ4n) is 2.50. The lowest BCUT2D eigenvalue weighted by Gasteiger charge is -2.20. The molecule has 0 fully saturated rings. The first kappa shape index (κ1) is 15.0. The van der Waals surface area contributed by atoms with Crippen LogP contribution in [-0.2, 0) is 0 Å². The number of benzene rings is 2. The van der Waals surface area contributed by atoms with E-state index in [0.717, 1.165) is 16.5 Å². The molecule has 1 heterocycles. The molecule has 3 rings (SSSR count). The maximum atomic E-state index is 14.0. The molecule has 3 aromatic rings. The van der Waals surface area contributed by atoms with E-state index in [1.807, 2.05) is 48.8 Å². The number of thioether (sulfide) groups is 1. The predicted octanol–water partition coefficient (Wildman–Crippen LogP) is 5.93. The van der Waals surface area contributed by atoms with Gasteiger partial charge in [0, 0.05) is 33.0 Å². The molecule has 2 aromatic carbocycles. The van der Waals surface area contributed by atoms with Gasteiger partial charge in [-0.2, -0.15) is 0 Å². The molecule has 1 nitrogen and oxygen atoms in total. The molecule has 3 heteroatoms. The SMILES string of the molecule is CC(C)(C)Sc1ccncc1-c1ccc(F)c2ccccc12.